The summed E-state index contributed by atoms with van der Waals surface area (Å²) >= 11 is 0. The van der Waals surface area contributed by atoms with E-state index in [1.165, 1.54) is 19.3 Å². The minimum absolute atomic E-state index is 0.252. The Kier molecular flexibility index (Phi) is 3.95. The molecule has 1 aromatic rings. The van der Waals surface area contributed by atoms with Crippen molar-refractivity contribution in [2.75, 3.05) is 19.7 Å². The Morgan fingerprint density at radius 1 is 1.26 bits per heavy atom. The van der Waals surface area contributed by atoms with Gasteiger partial charge in [-0.1, -0.05) is 30.3 Å². The second-order valence-electron chi connectivity index (χ2n) is 5.48. The van der Waals surface area contributed by atoms with E-state index < -0.39 is 0 Å². The molecular formula is C16H21NO2. The van der Waals surface area contributed by atoms with Gasteiger partial charge in [-0.15, -0.1) is 0 Å². The molecule has 2 fully saturated rings. The van der Waals surface area contributed by atoms with Crippen LogP contribution in [0, 0.1) is 0 Å². The maximum atomic E-state index is 12.1. The molecule has 2 unspecified atom stereocenters. The van der Waals surface area contributed by atoms with Crippen LogP contribution in [0.3, 0.4) is 0 Å². The van der Waals surface area contributed by atoms with Crippen molar-refractivity contribution in [3.05, 3.63) is 35.9 Å². The third-order valence-corrected chi connectivity index (χ3v) is 4.32. The summed E-state index contributed by atoms with van der Waals surface area (Å²) in [5.41, 5.74) is 0.832. The molecule has 1 aliphatic heterocycles. The fraction of sp³-hybridized carbons (Fsp3) is 0.562. The number of Topliss-reactive ketones (excluding diaryl/α,β-unsaturated/α-hetero) is 1. The average molecular weight is 259 g/mol. The lowest BCUT2D eigenvalue weighted by Crippen LogP contribution is -2.49. The molecule has 1 aromatic carbocycles. The first-order chi connectivity index (χ1) is 9.34. The first-order valence-electron chi connectivity index (χ1n) is 7.28. The van der Waals surface area contributed by atoms with E-state index in [4.69, 9.17) is 4.74 Å². The summed E-state index contributed by atoms with van der Waals surface area (Å²) in [6, 6.07) is 10.2. The van der Waals surface area contributed by atoms with Gasteiger partial charge in [0.05, 0.1) is 12.7 Å². The zero-order valence-corrected chi connectivity index (χ0v) is 11.3. The van der Waals surface area contributed by atoms with Crippen LogP contribution < -0.4 is 0 Å². The summed E-state index contributed by atoms with van der Waals surface area (Å²) < 4.78 is 5.80. The Bertz CT molecular complexity index is 432. The SMILES string of the molecule is O=C(CCN1CCOC2CCCC21)c1ccccc1. The van der Waals surface area contributed by atoms with Gasteiger partial charge in [-0.25, -0.2) is 0 Å². The molecule has 102 valence electrons. The molecule has 3 rings (SSSR count). The summed E-state index contributed by atoms with van der Waals surface area (Å²) in [6.07, 6.45) is 4.71. The van der Waals surface area contributed by atoms with Crippen molar-refractivity contribution in [3.8, 4) is 0 Å². The highest BCUT2D eigenvalue weighted by Gasteiger charge is 2.35. The number of nitrogens with zero attached hydrogens (tertiary/aromatic N) is 1. The minimum Gasteiger partial charge on any atom is -0.375 e. The molecule has 0 bridgehead atoms. The molecule has 2 aliphatic rings. The summed E-state index contributed by atoms with van der Waals surface area (Å²) in [5, 5.41) is 0. The fourth-order valence-electron chi connectivity index (χ4n) is 3.30. The topological polar surface area (TPSA) is 29.5 Å². The molecule has 0 aromatic heterocycles. The van der Waals surface area contributed by atoms with Gasteiger partial charge in [0, 0.05) is 31.1 Å². The van der Waals surface area contributed by atoms with E-state index in [1.807, 2.05) is 30.3 Å². The number of rotatable bonds is 4. The molecule has 0 N–H and O–H groups in total. The normalized spacial score (nSPS) is 27.2. The number of benzene rings is 1. The lowest BCUT2D eigenvalue weighted by Gasteiger charge is -2.37. The van der Waals surface area contributed by atoms with E-state index in [1.54, 1.807) is 0 Å². The molecule has 3 heteroatoms. The largest absolute Gasteiger partial charge is 0.375 e. The molecule has 0 amide bonds. The Morgan fingerprint density at radius 3 is 2.95 bits per heavy atom. The monoisotopic (exact) mass is 259 g/mol. The van der Waals surface area contributed by atoms with E-state index in [0.29, 0.717) is 18.6 Å². The second-order valence-corrected chi connectivity index (χ2v) is 5.48. The zero-order chi connectivity index (χ0) is 13.1. The van der Waals surface area contributed by atoms with Crippen LogP contribution in [0.1, 0.15) is 36.0 Å². The van der Waals surface area contributed by atoms with Crippen LogP contribution >= 0.6 is 0 Å². The van der Waals surface area contributed by atoms with Gasteiger partial charge < -0.3 is 4.74 Å². The van der Waals surface area contributed by atoms with Crippen molar-refractivity contribution in [3.63, 3.8) is 0 Å². The number of carbonyl (C=O) groups is 1. The molecule has 1 heterocycles. The van der Waals surface area contributed by atoms with Gasteiger partial charge in [-0.05, 0) is 19.3 Å². The average Bonchev–Trinajstić information content (AvgIpc) is 2.94. The van der Waals surface area contributed by atoms with E-state index >= 15 is 0 Å². The van der Waals surface area contributed by atoms with Gasteiger partial charge in [0.25, 0.3) is 0 Å². The number of morpholine rings is 1. The van der Waals surface area contributed by atoms with Gasteiger partial charge >= 0.3 is 0 Å². The Labute approximate surface area is 114 Å². The number of ether oxygens (including phenoxy) is 1. The molecule has 1 saturated carbocycles. The standard InChI is InChI=1S/C16H21NO2/c18-15(13-5-2-1-3-6-13)9-10-17-11-12-19-16-8-4-7-14(16)17/h1-3,5-6,14,16H,4,7-12H2. The smallest absolute Gasteiger partial charge is 0.164 e. The molecule has 2 atom stereocenters. The number of ketones is 1. The number of hydrogen-bond donors (Lipinski definition) is 0. The summed E-state index contributed by atoms with van der Waals surface area (Å²) in [7, 11) is 0. The summed E-state index contributed by atoms with van der Waals surface area (Å²) in [6.45, 7) is 2.67. The third-order valence-electron chi connectivity index (χ3n) is 4.32. The molecule has 19 heavy (non-hydrogen) atoms. The van der Waals surface area contributed by atoms with Crippen molar-refractivity contribution in [2.45, 2.75) is 37.8 Å². The van der Waals surface area contributed by atoms with Gasteiger partial charge in [0.2, 0.25) is 0 Å². The molecule has 1 aliphatic carbocycles. The Hall–Kier alpha value is -1.19. The Balaban J connectivity index is 1.55. The first kappa shape index (κ1) is 12.8. The zero-order valence-electron chi connectivity index (χ0n) is 11.3. The van der Waals surface area contributed by atoms with Crippen LogP contribution in [-0.2, 0) is 4.74 Å². The summed E-state index contributed by atoms with van der Waals surface area (Å²) in [5.74, 6) is 0.252. The first-order valence-corrected chi connectivity index (χ1v) is 7.28. The van der Waals surface area contributed by atoms with Crippen molar-refractivity contribution >= 4 is 5.78 Å². The highest BCUT2D eigenvalue weighted by molar-refractivity contribution is 5.96. The van der Waals surface area contributed by atoms with E-state index in [0.717, 1.165) is 25.3 Å². The molecule has 1 saturated heterocycles. The predicted molar refractivity (Wildman–Crippen MR) is 74.3 cm³/mol. The molecular weight excluding hydrogens is 238 g/mol. The maximum Gasteiger partial charge on any atom is 0.164 e. The van der Waals surface area contributed by atoms with E-state index in [-0.39, 0.29) is 5.78 Å². The van der Waals surface area contributed by atoms with Crippen LogP contribution in [0.4, 0.5) is 0 Å². The van der Waals surface area contributed by atoms with Crippen molar-refractivity contribution in [1.29, 1.82) is 0 Å². The number of hydrogen-bond acceptors (Lipinski definition) is 3. The van der Waals surface area contributed by atoms with Gasteiger partial charge in [0.15, 0.2) is 5.78 Å². The highest BCUT2D eigenvalue weighted by Crippen LogP contribution is 2.29. The Morgan fingerprint density at radius 2 is 2.11 bits per heavy atom. The van der Waals surface area contributed by atoms with Crippen LogP contribution in [0.2, 0.25) is 0 Å². The van der Waals surface area contributed by atoms with E-state index in [9.17, 15) is 4.79 Å². The quantitative estimate of drug-likeness (QED) is 0.778. The van der Waals surface area contributed by atoms with Crippen molar-refractivity contribution in [2.24, 2.45) is 0 Å². The van der Waals surface area contributed by atoms with Crippen LogP contribution in [0.15, 0.2) is 30.3 Å². The van der Waals surface area contributed by atoms with E-state index in [2.05, 4.69) is 4.90 Å². The van der Waals surface area contributed by atoms with Crippen molar-refractivity contribution < 1.29 is 9.53 Å². The van der Waals surface area contributed by atoms with Crippen LogP contribution in [0.25, 0.3) is 0 Å². The van der Waals surface area contributed by atoms with Crippen LogP contribution in [0.5, 0.6) is 0 Å². The minimum atomic E-state index is 0.252. The number of fused-ring (bicyclic) bond motifs is 1. The lowest BCUT2D eigenvalue weighted by molar-refractivity contribution is -0.0550. The fourth-order valence-corrected chi connectivity index (χ4v) is 3.30. The third kappa shape index (κ3) is 2.88. The molecule has 0 spiro atoms. The van der Waals surface area contributed by atoms with Crippen LogP contribution in [-0.4, -0.2) is 42.5 Å². The summed E-state index contributed by atoms with van der Waals surface area (Å²) in [4.78, 5) is 14.6. The molecule has 0 radical (unpaired) electrons. The maximum absolute atomic E-state index is 12.1. The van der Waals surface area contributed by atoms with Crippen molar-refractivity contribution in [1.82, 2.24) is 4.90 Å². The highest BCUT2D eigenvalue weighted by atomic mass is 16.5. The lowest BCUT2D eigenvalue weighted by atomic mass is 10.1. The van der Waals surface area contributed by atoms with Gasteiger partial charge in [-0.3, -0.25) is 9.69 Å². The second kappa shape index (κ2) is 5.85. The predicted octanol–water partition coefficient (Wildman–Crippen LogP) is 2.51. The van der Waals surface area contributed by atoms with Gasteiger partial charge in [-0.2, -0.15) is 0 Å². The van der Waals surface area contributed by atoms with Gasteiger partial charge in [0.1, 0.15) is 0 Å². The molecule has 3 nitrogen and oxygen atoms in total. The number of carbonyl (C=O) groups excluding carboxylic acids is 1.